The van der Waals surface area contributed by atoms with E-state index in [2.05, 4.69) is 4.98 Å². The molecule has 0 bridgehead atoms. The molecular formula is C12H12Cl2N2O3. The number of methoxy groups -OCH3 is 1. The van der Waals surface area contributed by atoms with Gasteiger partial charge in [-0.1, -0.05) is 23.2 Å². The molecule has 0 amide bonds. The Morgan fingerprint density at radius 1 is 1.42 bits per heavy atom. The average molecular weight is 303 g/mol. The number of halogens is 2. The van der Waals surface area contributed by atoms with Gasteiger partial charge in [0.25, 0.3) is 0 Å². The third kappa shape index (κ3) is 3.00. The maximum atomic E-state index is 10.7. The number of fused-ring (bicyclic) bond motifs is 1. The smallest absolute Gasteiger partial charge is 0.305 e. The van der Waals surface area contributed by atoms with Crippen LogP contribution in [-0.2, 0) is 22.7 Å². The number of carboxylic acid groups (broad SMARTS) is 1. The maximum absolute atomic E-state index is 10.7. The van der Waals surface area contributed by atoms with Crippen LogP contribution >= 0.6 is 23.2 Å². The van der Waals surface area contributed by atoms with Crippen molar-refractivity contribution < 1.29 is 14.6 Å². The van der Waals surface area contributed by atoms with Gasteiger partial charge in [0.2, 0.25) is 0 Å². The summed E-state index contributed by atoms with van der Waals surface area (Å²) in [6.45, 7) is 0.603. The minimum absolute atomic E-state index is 0.00240. The number of carboxylic acids is 1. The molecule has 0 aliphatic carbocycles. The number of imidazole rings is 1. The number of hydrogen-bond donors (Lipinski definition) is 1. The molecule has 5 nitrogen and oxygen atoms in total. The van der Waals surface area contributed by atoms with E-state index in [1.807, 2.05) is 0 Å². The highest BCUT2D eigenvalue weighted by atomic mass is 35.5. The normalized spacial score (nSPS) is 11.1. The molecule has 2 aromatic rings. The third-order valence-electron chi connectivity index (χ3n) is 2.69. The van der Waals surface area contributed by atoms with Crippen LogP contribution in [0.3, 0.4) is 0 Å². The quantitative estimate of drug-likeness (QED) is 0.922. The van der Waals surface area contributed by atoms with Crippen LogP contribution in [0, 0.1) is 0 Å². The van der Waals surface area contributed by atoms with Crippen LogP contribution in [0.2, 0.25) is 10.0 Å². The summed E-state index contributed by atoms with van der Waals surface area (Å²) in [6.07, 6.45) is 0.00240. The average Bonchev–Trinajstić information content (AvgIpc) is 2.65. The first-order valence-corrected chi connectivity index (χ1v) is 6.33. The third-order valence-corrected chi connectivity index (χ3v) is 3.41. The molecule has 1 N–H and O–H groups in total. The van der Waals surface area contributed by atoms with E-state index in [4.69, 9.17) is 33.0 Å². The summed E-state index contributed by atoms with van der Waals surface area (Å²) in [4.78, 5) is 15.1. The predicted molar refractivity (Wildman–Crippen MR) is 72.7 cm³/mol. The molecule has 0 spiro atoms. The van der Waals surface area contributed by atoms with Gasteiger partial charge in [0.05, 0.1) is 27.5 Å². The SMILES string of the molecule is COCc1nc2cc(Cl)c(Cl)cc2n1CCC(=O)O. The molecule has 0 unspecified atom stereocenters. The molecule has 1 aromatic heterocycles. The summed E-state index contributed by atoms with van der Waals surface area (Å²) in [7, 11) is 1.56. The van der Waals surface area contributed by atoms with Crippen molar-refractivity contribution in [3.8, 4) is 0 Å². The Labute approximate surface area is 119 Å². The zero-order chi connectivity index (χ0) is 14.0. The van der Waals surface area contributed by atoms with Crippen molar-refractivity contribution in [3.05, 3.63) is 28.0 Å². The van der Waals surface area contributed by atoms with E-state index in [0.717, 1.165) is 5.52 Å². The minimum atomic E-state index is -0.870. The highest BCUT2D eigenvalue weighted by molar-refractivity contribution is 6.42. The fourth-order valence-corrected chi connectivity index (χ4v) is 2.18. The highest BCUT2D eigenvalue weighted by Crippen LogP contribution is 2.28. The zero-order valence-electron chi connectivity index (χ0n) is 10.2. The number of carbonyl (C=O) groups is 1. The van der Waals surface area contributed by atoms with Crippen LogP contribution in [-0.4, -0.2) is 27.7 Å². The molecule has 1 aromatic carbocycles. The fraction of sp³-hybridized carbons (Fsp3) is 0.333. The van der Waals surface area contributed by atoms with Crippen molar-refractivity contribution in [1.29, 1.82) is 0 Å². The van der Waals surface area contributed by atoms with Gasteiger partial charge >= 0.3 is 5.97 Å². The Kier molecular flexibility index (Phi) is 4.29. The summed E-state index contributed by atoms with van der Waals surface area (Å²) < 4.78 is 6.86. The molecule has 19 heavy (non-hydrogen) atoms. The number of aryl methyl sites for hydroxylation is 1. The first kappa shape index (κ1) is 14.1. The van der Waals surface area contributed by atoms with Gasteiger partial charge in [-0.15, -0.1) is 0 Å². The Morgan fingerprint density at radius 3 is 2.74 bits per heavy atom. The lowest BCUT2D eigenvalue weighted by molar-refractivity contribution is -0.137. The van der Waals surface area contributed by atoms with E-state index in [1.165, 1.54) is 0 Å². The summed E-state index contributed by atoms with van der Waals surface area (Å²) in [5.41, 5.74) is 1.43. The van der Waals surface area contributed by atoms with E-state index >= 15 is 0 Å². The van der Waals surface area contributed by atoms with E-state index in [0.29, 0.717) is 34.5 Å². The molecule has 0 atom stereocenters. The number of ether oxygens (including phenoxy) is 1. The van der Waals surface area contributed by atoms with Gasteiger partial charge < -0.3 is 14.4 Å². The molecule has 0 saturated carbocycles. The standard InChI is InChI=1S/C12H12Cl2N2O3/c1-19-6-11-15-9-4-7(13)8(14)5-10(9)16(11)3-2-12(17)18/h4-5H,2-3,6H2,1H3,(H,17,18). The number of benzene rings is 1. The van der Waals surface area contributed by atoms with Gasteiger partial charge in [0, 0.05) is 13.7 Å². The predicted octanol–water partition coefficient (Wildman–Crippen LogP) is 2.96. The number of hydrogen-bond acceptors (Lipinski definition) is 3. The minimum Gasteiger partial charge on any atom is -0.481 e. The topological polar surface area (TPSA) is 64.4 Å². The number of rotatable bonds is 5. The first-order chi connectivity index (χ1) is 9.02. The number of aromatic nitrogens is 2. The monoisotopic (exact) mass is 302 g/mol. The lowest BCUT2D eigenvalue weighted by atomic mass is 10.3. The summed E-state index contributed by atoms with van der Waals surface area (Å²) in [6, 6.07) is 3.35. The van der Waals surface area contributed by atoms with Crippen LogP contribution in [0.5, 0.6) is 0 Å². The van der Waals surface area contributed by atoms with Gasteiger partial charge in [-0.3, -0.25) is 4.79 Å². The molecule has 0 fully saturated rings. The first-order valence-electron chi connectivity index (χ1n) is 5.58. The lowest BCUT2D eigenvalue weighted by Gasteiger charge is -2.07. The number of aliphatic carboxylic acids is 1. The molecule has 0 radical (unpaired) electrons. The second-order valence-corrected chi connectivity index (χ2v) is 4.83. The van der Waals surface area contributed by atoms with Gasteiger partial charge in [0.15, 0.2) is 0 Å². The van der Waals surface area contributed by atoms with Gasteiger partial charge in [0.1, 0.15) is 12.4 Å². The van der Waals surface area contributed by atoms with E-state index in [1.54, 1.807) is 23.8 Å². The van der Waals surface area contributed by atoms with Crippen LogP contribution in [0.1, 0.15) is 12.2 Å². The van der Waals surface area contributed by atoms with E-state index in [-0.39, 0.29) is 6.42 Å². The molecule has 102 valence electrons. The van der Waals surface area contributed by atoms with Gasteiger partial charge in [-0.05, 0) is 12.1 Å². The maximum Gasteiger partial charge on any atom is 0.305 e. The van der Waals surface area contributed by atoms with Crippen LogP contribution in [0.4, 0.5) is 0 Å². The van der Waals surface area contributed by atoms with Crippen LogP contribution in [0.25, 0.3) is 11.0 Å². The Balaban J connectivity index is 2.51. The summed E-state index contributed by atoms with van der Waals surface area (Å²) in [5.74, 6) is -0.220. The second kappa shape index (κ2) is 5.77. The van der Waals surface area contributed by atoms with E-state index in [9.17, 15) is 4.79 Å². The van der Waals surface area contributed by atoms with Crippen molar-refractivity contribution in [1.82, 2.24) is 9.55 Å². The summed E-state index contributed by atoms with van der Waals surface area (Å²) >= 11 is 11.9. The molecule has 0 aliphatic heterocycles. The molecular weight excluding hydrogens is 291 g/mol. The van der Waals surface area contributed by atoms with Crippen molar-refractivity contribution in [2.75, 3.05) is 7.11 Å². The molecule has 0 saturated heterocycles. The molecule has 0 aliphatic rings. The molecule has 1 heterocycles. The zero-order valence-corrected chi connectivity index (χ0v) is 11.7. The summed E-state index contributed by atoms with van der Waals surface area (Å²) in [5, 5.41) is 9.62. The Morgan fingerprint density at radius 2 is 2.11 bits per heavy atom. The van der Waals surface area contributed by atoms with Crippen molar-refractivity contribution in [2.24, 2.45) is 0 Å². The van der Waals surface area contributed by atoms with Crippen molar-refractivity contribution in [3.63, 3.8) is 0 Å². The molecule has 7 heteroatoms. The van der Waals surface area contributed by atoms with Crippen LogP contribution < -0.4 is 0 Å². The second-order valence-electron chi connectivity index (χ2n) is 4.01. The van der Waals surface area contributed by atoms with Crippen molar-refractivity contribution in [2.45, 2.75) is 19.6 Å². The Bertz CT molecular complexity index is 625. The molecule has 2 rings (SSSR count). The Hall–Kier alpha value is -1.30. The largest absolute Gasteiger partial charge is 0.481 e. The van der Waals surface area contributed by atoms with Gasteiger partial charge in [-0.25, -0.2) is 4.98 Å². The van der Waals surface area contributed by atoms with Crippen LogP contribution in [0.15, 0.2) is 12.1 Å². The highest BCUT2D eigenvalue weighted by Gasteiger charge is 2.13. The van der Waals surface area contributed by atoms with Gasteiger partial charge in [-0.2, -0.15) is 0 Å². The van der Waals surface area contributed by atoms with E-state index < -0.39 is 5.97 Å². The van der Waals surface area contributed by atoms with Crippen molar-refractivity contribution >= 4 is 40.2 Å². The lowest BCUT2D eigenvalue weighted by Crippen LogP contribution is -2.08. The fourth-order valence-electron chi connectivity index (χ4n) is 1.87. The number of nitrogens with zero attached hydrogens (tertiary/aromatic N) is 2.